The van der Waals surface area contributed by atoms with Gasteiger partial charge in [-0.1, -0.05) is 155 Å². The van der Waals surface area contributed by atoms with Crippen molar-refractivity contribution in [2.75, 3.05) is 4.90 Å². The van der Waals surface area contributed by atoms with Gasteiger partial charge in [-0.2, -0.15) is 0 Å². The molecule has 11 rings (SSSR count). The molecule has 0 radical (unpaired) electrons. The lowest BCUT2D eigenvalue weighted by Gasteiger charge is -2.30. The molecule has 4 aliphatic carbocycles. The average Bonchev–Trinajstić information content (AvgIpc) is 3.97. The summed E-state index contributed by atoms with van der Waals surface area (Å²) in [4.78, 5) is 2.51. The van der Waals surface area contributed by atoms with E-state index in [1.165, 1.54) is 136 Å². The maximum atomic E-state index is 2.51. The molecule has 0 heterocycles. The SMILES string of the molecule is CC1(C)c2ccccc2-c2c(-c3cccc4ccccc34)cc(N(c3ccc(-c4ccc(C5CC6CCC5C6)cc4)cc3)c3ccc(C4CCCCC4)cc3)cc21. The van der Waals surface area contributed by atoms with Crippen molar-refractivity contribution in [2.24, 2.45) is 11.8 Å². The van der Waals surface area contributed by atoms with Crippen LogP contribution in [-0.2, 0) is 5.41 Å². The standard InChI is InChI=1S/C56H53N/c1-56(2)53-18-9-8-16-50(53)55-52(49-17-10-14-42-13-6-7-15-48(42)49)35-47(36-54(55)56)57(45-29-25-40(26-30-45)38-11-4-3-5-12-38)46-31-27-41(28-32-46)39-21-23-43(24-22-39)51-34-37-19-20-44(51)33-37/h6-10,13-18,21-32,35-38,44,51H,3-5,11-12,19-20,33-34H2,1-2H3. The molecule has 3 fully saturated rings. The molecule has 4 aliphatic rings. The zero-order valence-corrected chi connectivity index (χ0v) is 33.6. The van der Waals surface area contributed by atoms with Crippen LogP contribution in [0.5, 0.6) is 0 Å². The normalized spacial score (nSPS) is 20.8. The van der Waals surface area contributed by atoms with Crippen molar-refractivity contribution in [3.63, 3.8) is 0 Å². The molecule has 0 aromatic heterocycles. The Bertz CT molecular complexity index is 2580. The molecule has 282 valence electrons. The third kappa shape index (κ3) is 5.96. The van der Waals surface area contributed by atoms with E-state index >= 15 is 0 Å². The molecule has 0 N–H and O–H groups in total. The summed E-state index contributed by atoms with van der Waals surface area (Å²) in [7, 11) is 0. The first-order valence-corrected chi connectivity index (χ1v) is 21.9. The fourth-order valence-electron chi connectivity index (χ4n) is 11.8. The summed E-state index contributed by atoms with van der Waals surface area (Å²) in [6.45, 7) is 4.82. The van der Waals surface area contributed by atoms with E-state index in [9.17, 15) is 0 Å². The van der Waals surface area contributed by atoms with Gasteiger partial charge in [0.1, 0.15) is 0 Å². The van der Waals surface area contributed by atoms with E-state index < -0.39 is 0 Å². The van der Waals surface area contributed by atoms with Crippen molar-refractivity contribution in [3.05, 3.63) is 174 Å². The molecule has 7 aromatic rings. The second kappa shape index (κ2) is 13.9. The third-order valence-electron chi connectivity index (χ3n) is 14.8. The van der Waals surface area contributed by atoms with Crippen molar-refractivity contribution in [2.45, 2.75) is 88.9 Å². The Hall–Kier alpha value is -5.40. The number of fused-ring (bicyclic) bond motifs is 6. The summed E-state index contributed by atoms with van der Waals surface area (Å²) in [5.74, 6) is 3.31. The molecule has 3 atom stereocenters. The molecular weight excluding hydrogens is 687 g/mol. The highest BCUT2D eigenvalue weighted by Gasteiger charge is 2.40. The first-order chi connectivity index (χ1) is 28.0. The summed E-state index contributed by atoms with van der Waals surface area (Å²) >= 11 is 0. The molecule has 1 nitrogen and oxygen atoms in total. The van der Waals surface area contributed by atoms with E-state index in [4.69, 9.17) is 0 Å². The summed E-state index contributed by atoms with van der Waals surface area (Å²) in [5, 5.41) is 2.56. The molecule has 0 saturated heterocycles. The van der Waals surface area contributed by atoms with Crippen LogP contribution in [0.15, 0.2) is 152 Å². The molecular formula is C56H53N. The van der Waals surface area contributed by atoms with Gasteiger partial charge >= 0.3 is 0 Å². The van der Waals surface area contributed by atoms with Gasteiger partial charge in [0, 0.05) is 22.5 Å². The van der Waals surface area contributed by atoms with E-state index in [0.29, 0.717) is 5.92 Å². The van der Waals surface area contributed by atoms with Crippen molar-refractivity contribution in [1.29, 1.82) is 0 Å². The summed E-state index contributed by atoms with van der Waals surface area (Å²) in [6.07, 6.45) is 12.4. The van der Waals surface area contributed by atoms with Crippen LogP contribution in [0.3, 0.4) is 0 Å². The Labute approximate surface area is 339 Å². The lowest BCUT2D eigenvalue weighted by Crippen LogP contribution is -2.17. The van der Waals surface area contributed by atoms with Gasteiger partial charge in [0.25, 0.3) is 0 Å². The van der Waals surface area contributed by atoms with Gasteiger partial charge in [-0.25, -0.2) is 0 Å². The van der Waals surface area contributed by atoms with Crippen molar-refractivity contribution >= 4 is 27.8 Å². The highest BCUT2D eigenvalue weighted by atomic mass is 15.1. The second-order valence-corrected chi connectivity index (χ2v) is 18.3. The quantitative estimate of drug-likeness (QED) is 0.157. The number of hydrogen-bond donors (Lipinski definition) is 0. The van der Waals surface area contributed by atoms with E-state index in [-0.39, 0.29) is 5.41 Å². The summed E-state index contributed by atoms with van der Waals surface area (Å²) in [5.41, 5.74) is 17.1. The van der Waals surface area contributed by atoms with Crippen molar-refractivity contribution < 1.29 is 0 Å². The molecule has 1 heteroatoms. The third-order valence-corrected chi connectivity index (χ3v) is 14.8. The minimum absolute atomic E-state index is 0.147. The molecule has 3 unspecified atom stereocenters. The second-order valence-electron chi connectivity index (χ2n) is 18.3. The topological polar surface area (TPSA) is 3.24 Å². The predicted octanol–water partition coefficient (Wildman–Crippen LogP) is 15.9. The number of hydrogen-bond acceptors (Lipinski definition) is 1. The number of benzene rings is 7. The zero-order chi connectivity index (χ0) is 38.1. The first-order valence-electron chi connectivity index (χ1n) is 21.9. The lowest BCUT2D eigenvalue weighted by atomic mass is 9.81. The highest BCUT2D eigenvalue weighted by molar-refractivity contribution is 6.04. The maximum Gasteiger partial charge on any atom is 0.0471 e. The molecule has 57 heavy (non-hydrogen) atoms. The van der Waals surface area contributed by atoms with Crippen LogP contribution in [-0.4, -0.2) is 0 Å². The van der Waals surface area contributed by atoms with E-state index in [1.54, 1.807) is 5.56 Å². The Morgan fingerprint density at radius 2 is 1.14 bits per heavy atom. The van der Waals surface area contributed by atoms with Gasteiger partial charge in [-0.15, -0.1) is 0 Å². The van der Waals surface area contributed by atoms with Crippen molar-refractivity contribution in [1.82, 2.24) is 0 Å². The minimum atomic E-state index is -0.147. The molecule has 0 spiro atoms. The molecule has 2 bridgehead atoms. The molecule has 0 amide bonds. The van der Waals surface area contributed by atoms with E-state index in [2.05, 4.69) is 170 Å². The Morgan fingerprint density at radius 1 is 0.491 bits per heavy atom. The van der Waals surface area contributed by atoms with Gasteiger partial charge in [0.2, 0.25) is 0 Å². The fraction of sp³-hybridized carbons (Fsp3) is 0.286. The first kappa shape index (κ1) is 34.8. The maximum absolute atomic E-state index is 2.51. The van der Waals surface area contributed by atoms with Crippen LogP contribution in [0.4, 0.5) is 17.1 Å². The van der Waals surface area contributed by atoms with Gasteiger partial charge in [-0.3, -0.25) is 0 Å². The van der Waals surface area contributed by atoms with Crippen LogP contribution in [0, 0.1) is 11.8 Å². The van der Waals surface area contributed by atoms with Gasteiger partial charge in [0.15, 0.2) is 0 Å². The van der Waals surface area contributed by atoms with Crippen LogP contribution < -0.4 is 4.90 Å². The van der Waals surface area contributed by atoms with Gasteiger partial charge < -0.3 is 4.90 Å². The Balaban J connectivity index is 1.05. The summed E-state index contributed by atoms with van der Waals surface area (Å²) < 4.78 is 0. The number of rotatable bonds is 7. The Morgan fingerprint density at radius 3 is 1.88 bits per heavy atom. The van der Waals surface area contributed by atoms with Gasteiger partial charge in [-0.05, 0) is 159 Å². The Kier molecular flexibility index (Phi) is 8.50. The number of nitrogens with zero attached hydrogens (tertiary/aromatic N) is 1. The van der Waals surface area contributed by atoms with Crippen LogP contribution in [0.1, 0.15) is 106 Å². The summed E-state index contributed by atoms with van der Waals surface area (Å²) in [6, 6.07) is 58.3. The monoisotopic (exact) mass is 739 g/mol. The van der Waals surface area contributed by atoms with Gasteiger partial charge in [0.05, 0.1) is 0 Å². The lowest BCUT2D eigenvalue weighted by molar-refractivity contribution is 0.420. The van der Waals surface area contributed by atoms with E-state index in [0.717, 1.165) is 17.8 Å². The minimum Gasteiger partial charge on any atom is -0.310 e. The number of anilines is 3. The highest BCUT2D eigenvalue weighted by Crippen LogP contribution is 2.56. The largest absolute Gasteiger partial charge is 0.310 e. The molecule has 3 saturated carbocycles. The fourth-order valence-corrected chi connectivity index (χ4v) is 11.8. The van der Waals surface area contributed by atoms with E-state index in [1.807, 2.05) is 0 Å². The molecule has 7 aromatic carbocycles. The molecule has 0 aliphatic heterocycles. The van der Waals surface area contributed by atoms with Crippen LogP contribution in [0.25, 0.3) is 44.2 Å². The van der Waals surface area contributed by atoms with Crippen LogP contribution >= 0.6 is 0 Å². The van der Waals surface area contributed by atoms with Crippen molar-refractivity contribution in [3.8, 4) is 33.4 Å². The predicted molar refractivity (Wildman–Crippen MR) is 241 cm³/mol. The smallest absolute Gasteiger partial charge is 0.0471 e. The zero-order valence-electron chi connectivity index (χ0n) is 33.6. The average molecular weight is 740 g/mol. The van der Waals surface area contributed by atoms with Crippen LogP contribution in [0.2, 0.25) is 0 Å².